The minimum atomic E-state index is -0.183. The SMILES string of the molecule is CN1CCN(CCOc2ccc(Nc3cc4c(cn3)cc(-c3c(Cl)cccc3Cl)c(=O)n4C)cc2)CC1. The molecule has 5 rings (SSSR count). The van der Waals surface area contributed by atoms with Crippen molar-refractivity contribution >= 4 is 45.6 Å². The summed E-state index contributed by atoms with van der Waals surface area (Å²) in [5.41, 5.74) is 2.41. The maximum Gasteiger partial charge on any atom is 0.258 e. The van der Waals surface area contributed by atoms with Crippen molar-refractivity contribution in [1.29, 1.82) is 0 Å². The number of benzene rings is 2. The molecule has 37 heavy (non-hydrogen) atoms. The number of aromatic nitrogens is 2. The topological polar surface area (TPSA) is 62.6 Å². The Bertz CT molecular complexity index is 1440. The zero-order chi connectivity index (χ0) is 25.9. The molecule has 0 atom stereocenters. The predicted octanol–water partition coefficient (Wildman–Crippen LogP) is 5.28. The molecule has 9 heteroatoms. The summed E-state index contributed by atoms with van der Waals surface area (Å²) < 4.78 is 7.53. The maximum absolute atomic E-state index is 13.2. The van der Waals surface area contributed by atoms with E-state index < -0.39 is 0 Å². The molecule has 0 radical (unpaired) electrons. The van der Waals surface area contributed by atoms with Gasteiger partial charge in [0.1, 0.15) is 18.2 Å². The van der Waals surface area contributed by atoms with Crippen LogP contribution in [0.2, 0.25) is 10.0 Å². The Kier molecular flexibility index (Phi) is 7.67. The number of hydrogen-bond donors (Lipinski definition) is 1. The second-order valence-electron chi connectivity index (χ2n) is 9.29. The van der Waals surface area contributed by atoms with E-state index in [4.69, 9.17) is 27.9 Å². The zero-order valence-electron chi connectivity index (χ0n) is 20.9. The van der Waals surface area contributed by atoms with Gasteiger partial charge in [-0.1, -0.05) is 29.3 Å². The van der Waals surface area contributed by atoms with Gasteiger partial charge in [0.25, 0.3) is 5.56 Å². The van der Waals surface area contributed by atoms with Gasteiger partial charge in [0.15, 0.2) is 0 Å². The van der Waals surface area contributed by atoms with E-state index in [1.54, 1.807) is 42.1 Å². The lowest BCUT2D eigenvalue weighted by molar-refractivity contribution is 0.134. The van der Waals surface area contributed by atoms with Crippen LogP contribution < -0.4 is 15.6 Å². The van der Waals surface area contributed by atoms with Crippen molar-refractivity contribution in [2.45, 2.75) is 0 Å². The van der Waals surface area contributed by atoms with Gasteiger partial charge in [-0.05, 0) is 49.5 Å². The molecule has 192 valence electrons. The van der Waals surface area contributed by atoms with Crippen molar-refractivity contribution in [3.63, 3.8) is 0 Å². The third kappa shape index (κ3) is 5.75. The molecule has 1 N–H and O–H groups in total. The van der Waals surface area contributed by atoms with E-state index in [1.165, 1.54) is 0 Å². The van der Waals surface area contributed by atoms with Crippen molar-refractivity contribution in [1.82, 2.24) is 19.4 Å². The molecule has 3 heterocycles. The van der Waals surface area contributed by atoms with Crippen LogP contribution in [0.25, 0.3) is 22.0 Å². The summed E-state index contributed by atoms with van der Waals surface area (Å²) in [7, 11) is 3.89. The van der Waals surface area contributed by atoms with E-state index in [-0.39, 0.29) is 5.56 Å². The van der Waals surface area contributed by atoms with Crippen molar-refractivity contribution in [3.8, 4) is 16.9 Å². The molecule has 2 aromatic heterocycles. The Morgan fingerprint density at radius 3 is 2.38 bits per heavy atom. The minimum Gasteiger partial charge on any atom is -0.492 e. The normalized spacial score (nSPS) is 14.7. The van der Waals surface area contributed by atoms with Crippen LogP contribution >= 0.6 is 23.2 Å². The smallest absolute Gasteiger partial charge is 0.258 e. The summed E-state index contributed by atoms with van der Waals surface area (Å²) in [6.45, 7) is 5.98. The number of rotatable bonds is 7. The molecule has 4 aromatic rings. The molecular formula is C28H29Cl2N5O2. The average molecular weight is 538 g/mol. The maximum atomic E-state index is 13.2. The quantitative estimate of drug-likeness (QED) is 0.346. The van der Waals surface area contributed by atoms with E-state index in [9.17, 15) is 4.79 Å². The van der Waals surface area contributed by atoms with Crippen molar-refractivity contribution in [2.24, 2.45) is 7.05 Å². The molecular weight excluding hydrogens is 509 g/mol. The van der Waals surface area contributed by atoms with Crippen LogP contribution in [0, 0.1) is 0 Å². The number of aryl methyl sites for hydroxylation is 1. The van der Waals surface area contributed by atoms with Crippen LogP contribution in [0.1, 0.15) is 0 Å². The van der Waals surface area contributed by atoms with Gasteiger partial charge in [-0.15, -0.1) is 0 Å². The fourth-order valence-electron chi connectivity index (χ4n) is 4.51. The van der Waals surface area contributed by atoms with Crippen LogP contribution in [0.15, 0.2) is 65.6 Å². The van der Waals surface area contributed by atoms with Crippen LogP contribution in [0.5, 0.6) is 5.75 Å². The summed E-state index contributed by atoms with van der Waals surface area (Å²) >= 11 is 12.7. The first-order valence-electron chi connectivity index (χ1n) is 12.2. The molecule has 1 aliphatic heterocycles. The highest BCUT2D eigenvalue weighted by Crippen LogP contribution is 2.34. The Labute approximate surface area is 226 Å². The molecule has 7 nitrogen and oxygen atoms in total. The summed E-state index contributed by atoms with van der Waals surface area (Å²) in [4.78, 5) is 22.5. The number of hydrogen-bond acceptors (Lipinski definition) is 6. The number of nitrogens with zero attached hydrogens (tertiary/aromatic N) is 4. The number of halogens is 2. The Balaban J connectivity index is 1.28. The number of anilines is 2. The van der Waals surface area contributed by atoms with Crippen LogP contribution in [-0.2, 0) is 7.05 Å². The number of nitrogens with one attached hydrogen (secondary N) is 1. The van der Waals surface area contributed by atoms with E-state index in [1.807, 2.05) is 30.3 Å². The van der Waals surface area contributed by atoms with Crippen molar-refractivity contribution in [3.05, 3.63) is 81.2 Å². The molecule has 1 aliphatic rings. The third-order valence-electron chi connectivity index (χ3n) is 6.74. The first-order chi connectivity index (χ1) is 17.9. The Hall–Kier alpha value is -3.10. The number of likely N-dealkylation sites (N-methyl/N-ethyl adjacent to an activating group) is 1. The second kappa shape index (κ2) is 11.1. The zero-order valence-corrected chi connectivity index (χ0v) is 22.4. The van der Waals surface area contributed by atoms with Crippen molar-refractivity contribution < 1.29 is 4.74 Å². The van der Waals surface area contributed by atoms with Gasteiger partial charge in [-0.25, -0.2) is 4.98 Å². The highest BCUT2D eigenvalue weighted by Gasteiger charge is 2.16. The number of ether oxygens (including phenoxy) is 1. The fourth-order valence-corrected chi connectivity index (χ4v) is 5.11. The Morgan fingerprint density at radius 2 is 1.68 bits per heavy atom. The molecule has 1 fully saturated rings. The molecule has 0 saturated carbocycles. The molecule has 1 saturated heterocycles. The highest BCUT2D eigenvalue weighted by molar-refractivity contribution is 6.39. The standard InChI is InChI=1S/C28H29Cl2N5O2/c1-33-10-12-35(13-11-33)14-15-37-21-8-6-20(7-9-21)32-26-17-25-19(18-31-26)16-22(28(36)34(25)2)27-23(29)4-3-5-24(27)30/h3-9,16-18H,10-15H2,1-2H3,(H,31,32). The van der Waals surface area contributed by atoms with E-state index in [2.05, 4.69) is 27.1 Å². The van der Waals surface area contributed by atoms with Crippen LogP contribution in [-0.4, -0.2) is 65.7 Å². The van der Waals surface area contributed by atoms with Crippen LogP contribution in [0.4, 0.5) is 11.5 Å². The van der Waals surface area contributed by atoms with Gasteiger partial charge in [0.2, 0.25) is 0 Å². The molecule has 0 spiro atoms. The lowest BCUT2D eigenvalue weighted by Crippen LogP contribution is -2.45. The number of fused-ring (bicyclic) bond motifs is 1. The Morgan fingerprint density at radius 1 is 0.973 bits per heavy atom. The molecule has 0 amide bonds. The van der Waals surface area contributed by atoms with Crippen LogP contribution in [0.3, 0.4) is 0 Å². The molecule has 2 aromatic carbocycles. The van der Waals surface area contributed by atoms with Gasteiger partial charge in [-0.3, -0.25) is 9.69 Å². The average Bonchev–Trinajstić information content (AvgIpc) is 2.89. The first-order valence-corrected chi connectivity index (χ1v) is 13.0. The van der Waals surface area contributed by atoms with E-state index in [0.29, 0.717) is 33.6 Å². The van der Waals surface area contributed by atoms with Crippen molar-refractivity contribution in [2.75, 3.05) is 51.7 Å². The van der Waals surface area contributed by atoms with Gasteiger partial charge in [0, 0.05) is 68.7 Å². The van der Waals surface area contributed by atoms with E-state index in [0.717, 1.165) is 55.1 Å². The van der Waals surface area contributed by atoms with Gasteiger partial charge >= 0.3 is 0 Å². The third-order valence-corrected chi connectivity index (χ3v) is 7.37. The van der Waals surface area contributed by atoms with Gasteiger partial charge < -0.3 is 19.5 Å². The fraction of sp³-hybridized carbons (Fsp3) is 0.286. The summed E-state index contributed by atoms with van der Waals surface area (Å²) in [6, 6.07) is 16.7. The lowest BCUT2D eigenvalue weighted by Gasteiger charge is -2.32. The number of pyridine rings is 2. The lowest BCUT2D eigenvalue weighted by atomic mass is 10.1. The summed E-state index contributed by atoms with van der Waals surface area (Å²) in [5.74, 6) is 1.47. The second-order valence-corrected chi connectivity index (χ2v) is 10.1. The summed E-state index contributed by atoms with van der Waals surface area (Å²) in [5, 5.41) is 4.98. The monoisotopic (exact) mass is 537 g/mol. The summed E-state index contributed by atoms with van der Waals surface area (Å²) in [6.07, 6.45) is 1.74. The van der Waals surface area contributed by atoms with Gasteiger partial charge in [0.05, 0.1) is 21.1 Å². The molecule has 0 bridgehead atoms. The minimum absolute atomic E-state index is 0.183. The molecule has 0 aliphatic carbocycles. The predicted molar refractivity (Wildman–Crippen MR) is 152 cm³/mol. The van der Waals surface area contributed by atoms with Gasteiger partial charge in [-0.2, -0.15) is 0 Å². The first kappa shape index (κ1) is 25.5. The highest BCUT2D eigenvalue weighted by atomic mass is 35.5. The molecule has 0 unspecified atom stereocenters. The largest absolute Gasteiger partial charge is 0.492 e. The number of piperazine rings is 1. The van der Waals surface area contributed by atoms with E-state index >= 15 is 0 Å².